The molecule has 0 spiro atoms. The highest BCUT2D eigenvalue weighted by molar-refractivity contribution is 7.89. The van der Waals surface area contributed by atoms with Gasteiger partial charge in [0, 0.05) is 37.4 Å². The average Bonchev–Trinajstić information content (AvgIpc) is 3.29. The molecule has 1 atom stereocenters. The molecule has 2 saturated heterocycles. The van der Waals surface area contributed by atoms with Gasteiger partial charge in [-0.15, -0.1) is 0 Å². The topological polar surface area (TPSA) is 102 Å². The lowest BCUT2D eigenvalue weighted by Crippen LogP contribution is -2.43. The summed E-state index contributed by atoms with van der Waals surface area (Å²) in [5.41, 5.74) is 1.32. The molecule has 0 bridgehead atoms. The number of nitrogens with zero attached hydrogens (tertiary/aromatic N) is 3. The lowest BCUT2D eigenvalue weighted by molar-refractivity contribution is 0.315. The zero-order chi connectivity index (χ0) is 18.2. The van der Waals surface area contributed by atoms with Gasteiger partial charge in [0.1, 0.15) is 5.65 Å². The Balaban J connectivity index is 1.45. The Morgan fingerprint density at radius 1 is 1.38 bits per heavy atom. The quantitative estimate of drug-likeness (QED) is 0.847. The van der Waals surface area contributed by atoms with Gasteiger partial charge in [-0.25, -0.2) is 17.7 Å². The van der Waals surface area contributed by atoms with E-state index >= 15 is 0 Å². The third kappa shape index (κ3) is 3.11. The molecule has 4 heterocycles. The number of rotatable bonds is 4. The van der Waals surface area contributed by atoms with Crippen LogP contribution in [0, 0.1) is 16.7 Å². The first-order valence-corrected chi connectivity index (χ1v) is 10.7. The van der Waals surface area contributed by atoms with Gasteiger partial charge in [0.2, 0.25) is 10.0 Å². The summed E-state index contributed by atoms with van der Waals surface area (Å²) < 4.78 is 27.3. The molecule has 2 aliphatic rings. The van der Waals surface area contributed by atoms with Gasteiger partial charge in [-0.1, -0.05) is 0 Å². The Hall–Kier alpha value is -1.95. The van der Waals surface area contributed by atoms with Crippen molar-refractivity contribution in [3.05, 3.63) is 30.1 Å². The molecular formula is C18H23N5O2S. The molecule has 2 N–H and O–H groups in total. The fourth-order valence-electron chi connectivity index (χ4n) is 4.19. The van der Waals surface area contributed by atoms with Crippen LogP contribution in [-0.2, 0) is 10.0 Å². The molecule has 0 saturated carbocycles. The van der Waals surface area contributed by atoms with Crippen LogP contribution in [0.4, 0.5) is 0 Å². The Bertz CT molecular complexity index is 932. The lowest BCUT2D eigenvalue weighted by Gasteiger charge is -2.33. The number of nitrogens with one attached hydrogen (secondary N) is 2. The highest BCUT2D eigenvalue weighted by Gasteiger charge is 2.41. The largest absolute Gasteiger partial charge is 0.346 e. The number of fused-ring (bicyclic) bond motifs is 1. The zero-order valence-electron chi connectivity index (χ0n) is 14.6. The van der Waals surface area contributed by atoms with Crippen molar-refractivity contribution >= 4 is 21.1 Å². The molecule has 0 radical (unpaired) electrons. The lowest BCUT2D eigenvalue weighted by atomic mass is 9.90. The van der Waals surface area contributed by atoms with E-state index in [1.807, 2.05) is 12.3 Å². The van der Waals surface area contributed by atoms with Crippen molar-refractivity contribution < 1.29 is 8.42 Å². The molecule has 138 valence electrons. The summed E-state index contributed by atoms with van der Waals surface area (Å²) in [7, 11) is -3.42. The van der Waals surface area contributed by atoms with E-state index < -0.39 is 15.4 Å². The average molecular weight is 373 g/mol. The first-order valence-electron chi connectivity index (χ1n) is 9.05. The van der Waals surface area contributed by atoms with Crippen molar-refractivity contribution in [2.45, 2.75) is 25.2 Å². The van der Waals surface area contributed by atoms with E-state index in [0.717, 1.165) is 23.9 Å². The highest BCUT2D eigenvalue weighted by atomic mass is 32.2. The third-order valence-electron chi connectivity index (χ3n) is 5.71. The number of sulfonamides is 1. The normalized spacial score (nSPS) is 25.5. The van der Waals surface area contributed by atoms with E-state index in [9.17, 15) is 13.7 Å². The van der Waals surface area contributed by atoms with Gasteiger partial charge >= 0.3 is 0 Å². The Labute approximate surface area is 153 Å². The smallest absolute Gasteiger partial charge is 0.215 e. The number of pyridine rings is 1. The fraction of sp³-hybridized carbons (Fsp3) is 0.556. The van der Waals surface area contributed by atoms with E-state index in [2.05, 4.69) is 27.4 Å². The second-order valence-electron chi connectivity index (χ2n) is 7.39. The van der Waals surface area contributed by atoms with Crippen molar-refractivity contribution in [2.24, 2.45) is 5.41 Å². The molecule has 0 aromatic carbocycles. The van der Waals surface area contributed by atoms with Gasteiger partial charge in [0.15, 0.2) is 0 Å². The molecule has 0 amide bonds. The minimum absolute atomic E-state index is 0.0782. The number of nitriles is 1. The van der Waals surface area contributed by atoms with Crippen LogP contribution in [0.25, 0.3) is 11.0 Å². The number of hydrogen-bond donors (Lipinski definition) is 2. The summed E-state index contributed by atoms with van der Waals surface area (Å²) in [6.45, 7) is 2.19. The van der Waals surface area contributed by atoms with E-state index in [4.69, 9.17) is 0 Å². The molecular weight excluding hydrogens is 350 g/mol. The molecule has 0 aliphatic carbocycles. The van der Waals surface area contributed by atoms with Crippen LogP contribution in [0.15, 0.2) is 24.5 Å². The highest BCUT2D eigenvalue weighted by Crippen LogP contribution is 2.34. The van der Waals surface area contributed by atoms with Gasteiger partial charge in [0.25, 0.3) is 0 Å². The van der Waals surface area contributed by atoms with Crippen LogP contribution in [0.1, 0.15) is 30.7 Å². The maximum atomic E-state index is 12.8. The van der Waals surface area contributed by atoms with Crippen LogP contribution in [0.2, 0.25) is 0 Å². The Morgan fingerprint density at radius 2 is 2.19 bits per heavy atom. The first-order chi connectivity index (χ1) is 12.5. The van der Waals surface area contributed by atoms with Crippen molar-refractivity contribution in [2.75, 3.05) is 31.9 Å². The van der Waals surface area contributed by atoms with Crippen molar-refractivity contribution in [3.63, 3.8) is 0 Å². The number of hydrogen-bond acceptors (Lipinski definition) is 5. The number of aromatic amines is 1. The number of aromatic nitrogens is 2. The molecule has 2 aromatic heterocycles. The molecule has 2 aromatic rings. The predicted octanol–water partition coefficient (Wildman–Crippen LogP) is 1.58. The molecule has 4 rings (SSSR count). The monoisotopic (exact) mass is 373 g/mol. The Kier molecular flexibility index (Phi) is 4.47. The number of piperidine rings is 1. The molecule has 2 aliphatic heterocycles. The van der Waals surface area contributed by atoms with E-state index in [1.54, 1.807) is 10.5 Å². The Morgan fingerprint density at radius 3 is 2.88 bits per heavy atom. The summed E-state index contributed by atoms with van der Waals surface area (Å²) in [6.07, 6.45) is 5.95. The predicted molar refractivity (Wildman–Crippen MR) is 99.0 cm³/mol. The van der Waals surface area contributed by atoms with E-state index in [1.165, 1.54) is 5.56 Å². The molecule has 2 fully saturated rings. The van der Waals surface area contributed by atoms with Crippen LogP contribution in [-0.4, -0.2) is 54.6 Å². The SMILES string of the molecule is N#CC1(CS(=O)(=O)N2CCC(c3c[nH]c4ncccc34)CC2)CCNC1. The summed E-state index contributed by atoms with van der Waals surface area (Å²) in [4.78, 5) is 7.53. The zero-order valence-corrected chi connectivity index (χ0v) is 15.4. The first kappa shape index (κ1) is 17.5. The minimum Gasteiger partial charge on any atom is -0.346 e. The van der Waals surface area contributed by atoms with Crippen molar-refractivity contribution in [1.82, 2.24) is 19.6 Å². The van der Waals surface area contributed by atoms with Crippen molar-refractivity contribution in [3.8, 4) is 6.07 Å². The van der Waals surface area contributed by atoms with Crippen molar-refractivity contribution in [1.29, 1.82) is 5.26 Å². The molecule has 1 unspecified atom stereocenters. The fourth-order valence-corrected chi connectivity index (χ4v) is 6.15. The van der Waals surface area contributed by atoms with Gasteiger partial charge < -0.3 is 10.3 Å². The minimum atomic E-state index is -3.42. The van der Waals surface area contributed by atoms with Gasteiger partial charge in [-0.05, 0) is 49.4 Å². The van der Waals surface area contributed by atoms with Gasteiger partial charge in [0.05, 0.1) is 17.2 Å². The standard InChI is InChI=1S/C18H23N5O2S/c19-11-18(5-7-20-12-18)13-26(24,25)23-8-3-14(4-9-23)16-10-22-17-15(16)2-1-6-21-17/h1-2,6,10,14,20H,3-5,7-9,12-13H2,(H,21,22). The molecule has 7 nitrogen and oxygen atoms in total. The maximum Gasteiger partial charge on any atom is 0.215 e. The van der Waals surface area contributed by atoms with E-state index in [-0.39, 0.29) is 5.75 Å². The third-order valence-corrected chi connectivity index (χ3v) is 7.78. The summed E-state index contributed by atoms with van der Waals surface area (Å²) in [6, 6.07) is 6.23. The second kappa shape index (κ2) is 6.65. The second-order valence-corrected chi connectivity index (χ2v) is 9.36. The van der Waals surface area contributed by atoms with Crippen LogP contribution >= 0.6 is 0 Å². The summed E-state index contributed by atoms with van der Waals surface area (Å²) >= 11 is 0. The maximum absolute atomic E-state index is 12.8. The summed E-state index contributed by atoms with van der Waals surface area (Å²) in [5.74, 6) is 0.253. The molecule has 8 heteroatoms. The summed E-state index contributed by atoms with van der Waals surface area (Å²) in [5, 5.41) is 13.7. The van der Waals surface area contributed by atoms with Gasteiger partial charge in [-0.3, -0.25) is 0 Å². The van der Waals surface area contributed by atoms with Crippen LogP contribution < -0.4 is 5.32 Å². The van der Waals surface area contributed by atoms with E-state index in [0.29, 0.717) is 38.5 Å². The van der Waals surface area contributed by atoms with Crippen LogP contribution in [0.3, 0.4) is 0 Å². The van der Waals surface area contributed by atoms with Crippen LogP contribution in [0.5, 0.6) is 0 Å². The molecule has 26 heavy (non-hydrogen) atoms. The number of H-pyrrole nitrogens is 1. The van der Waals surface area contributed by atoms with Gasteiger partial charge in [-0.2, -0.15) is 5.26 Å².